The van der Waals surface area contributed by atoms with Crippen molar-refractivity contribution in [2.45, 2.75) is 38.0 Å². The summed E-state index contributed by atoms with van der Waals surface area (Å²) in [5.41, 5.74) is 2.29. The van der Waals surface area contributed by atoms with Gasteiger partial charge >= 0.3 is 0 Å². The monoisotopic (exact) mass is 403 g/mol. The van der Waals surface area contributed by atoms with Crippen LogP contribution < -0.4 is 10.2 Å². The maximum atomic E-state index is 13.4. The Labute approximate surface area is 175 Å². The highest BCUT2D eigenvalue weighted by Crippen LogP contribution is 2.52. The van der Waals surface area contributed by atoms with Crippen molar-refractivity contribution in [3.05, 3.63) is 72.1 Å². The number of nitrogens with zero attached hydrogens (tertiary/aromatic N) is 2. The molecule has 3 aliphatic heterocycles. The number of amides is 2. The number of aromatic nitrogens is 1. The molecular formula is C24H25N3O3. The molecule has 2 bridgehead atoms. The van der Waals surface area contributed by atoms with E-state index < -0.39 is 17.4 Å². The first kappa shape index (κ1) is 19.0. The van der Waals surface area contributed by atoms with Crippen LogP contribution in [0.3, 0.4) is 0 Å². The fraction of sp³-hybridized carbons (Fsp3) is 0.375. The van der Waals surface area contributed by atoms with Crippen LogP contribution in [0.25, 0.3) is 0 Å². The third-order valence-electron chi connectivity index (χ3n) is 6.46. The zero-order chi connectivity index (χ0) is 20.9. The summed E-state index contributed by atoms with van der Waals surface area (Å²) < 4.78 is 6.21. The quantitative estimate of drug-likeness (QED) is 0.780. The summed E-state index contributed by atoms with van der Waals surface area (Å²) in [6.45, 7) is 5.11. The zero-order valence-electron chi connectivity index (χ0n) is 17.1. The number of anilines is 1. The highest BCUT2D eigenvalue weighted by molar-refractivity contribution is 6.03. The maximum Gasteiger partial charge on any atom is 0.234 e. The third kappa shape index (κ3) is 2.94. The number of pyridine rings is 1. The lowest BCUT2D eigenvalue weighted by atomic mass is 9.77. The van der Waals surface area contributed by atoms with Crippen LogP contribution in [0.15, 0.2) is 60.9 Å². The van der Waals surface area contributed by atoms with Gasteiger partial charge in [0.15, 0.2) is 0 Å². The summed E-state index contributed by atoms with van der Waals surface area (Å²) in [5, 5.41) is 2.97. The predicted molar refractivity (Wildman–Crippen MR) is 113 cm³/mol. The minimum absolute atomic E-state index is 0.0410. The minimum Gasteiger partial charge on any atom is -0.360 e. The Bertz CT molecular complexity index is 1000. The number of fused-ring (bicyclic) bond motifs is 1. The normalized spacial score (nSPS) is 29.0. The van der Waals surface area contributed by atoms with Gasteiger partial charge in [0, 0.05) is 24.6 Å². The van der Waals surface area contributed by atoms with E-state index in [9.17, 15) is 9.59 Å². The first-order valence-electron chi connectivity index (χ1n) is 10.4. The molecule has 3 aliphatic rings. The van der Waals surface area contributed by atoms with E-state index in [1.807, 2.05) is 36.4 Å². The van der Waals surface area contributed by atoms with E-state index in [1.54, 1.807) is 17.3 Å². The van der Waals surface area contributed by atoms with E-state index in [-0.39, 0.29) is 17.9 Å². The maximum absolute atomic E-state index is 13.4. The van der Waals surface area contributed by atoms with Gasteiger partial charge in [0.2, 0.25) is 11.8 Å². The molecule has 154 valence electrons. The van der Waals surface area contributed by atoms with Crippen LogP contribution in [0, 0.1) is 11.8 Å². The minimum atomic E-state index is -0.714. The molecule has 4 atom stereocenters. The molecule has 0 aliphatic carbocycles. The Morgan fingerprint density at radius 3 is 2.80 bits per heavy atom. The molecule has 2 saturated heterocycles. The van der Waals surface area contributed by atoms with Gasteiger partial charge in [-0.05, 0) is 35.2 Å². The number of benzene rings is 1. The van der Waals surface area contributed by atoms with Gasteiger partial charge in [-0.25, -0.2) is 0 Å². The van der Waals surface area contributed by atoms with Crippen molar-refractivity contribution in [2.75, 3.05) is 11.4 Å². The van der Waals surface area contributed by atoms with Crippen molar-refractivity contribution >= 4 is 17.5 Å². The molecule has 1 aromatic heterocycles. The summed E-state index contributed by atoms with van der Waals surface area (Å²) in [7, 11) is 0. The highest BCUT2D eigenvalue weighted by atomic mass is 16.5. The van der Waals surface area contributed by atoms with Crippen LogP contribution in [0.1, 0.15) is 30.9 Å². The fourth-order valence-electron chi connectivity index (χ4n) is 4.87. The van der Waals surface area contributed by atoms with E-state index in [0.717, 1.165) is 11.3 Å². The molecule has 2 fully saturated rings. The molecule has 4 heterocycles. The molecule has 5 rings (SSSR count). The SMILES string of the molecule is CC(C)c1ccc(N2C[C@]34C=C[C@@H](O3)[C@@H](C(=O)NCc3cccnc3)[C@@H]4C2=O)cc1. The number of hydrogen-bond acceptors (Lipinski definition) is 4. The highest BCUT2D eigenvalue weighted by Gasteiger charge is 2.67. The summed E-state index contributed by atoms with van der Waals surface area (Å²) in [4.78, 5) is 32.3. The Morgan fingerprint density at radius 1 is 1.30 bits per heavy atom. The molecule has 1 N–H and O–H groups in total. The number of nitrogens with one attached hydrogen (secondary N) is 1. The van der Waals surface area contributed by atoms with Crippen molar-refractivity contribution in [1.29, 1.82) is 0 Å². The third-order valence-corrected chi connectivity index (χ3v) is 6.46. The molecule has 0 unspecified atom stereocenters. The van der Waals surface area contributed by atoms with Crippen molar-refractivity contribution in [3.63, 3.8) is 0 Å². The van der Waals surface area contributed by atoms with Gasteiger partial charge in [0.1, 0.15) is 5.60 Å². The van der Waals surface area contributed by atoms with Crippen LogP contribution in [-0.4, -0.2) is 35.0 Å². The second-order valence-corrected chi connectivity index (χ2v) is 8.65. The molecule has 0 saturated carbocycles. The Kier molecular flexibility index (Phi) is 4.47. The molecule has 30 heavy (non-hydrogen) atoms. The largest absolute Gasteiger partial charge is 0.360 e. The molecule has 2 amide bonds. The van der Waals surface area contributed by atoms with Gasteiger partial charge < -0.3 is 15.0 Å². The number of rotatable bonds is 5. The van der Waals surface area contributed by atoms with E-state index in [0.29, 0.717) is 19.0 Å². The first-order chi connectivity index (χ1) is 14.5. The van der Waals surface area contributed by atoms with Gasteiger partial charge in [-0.2, -0.15) is 0 Å². The lowest BCUT2D eigenvalue weighted by Gasteiger charge is -2.23. The number of hydrogen-bond donors (Lipinski definition) is 1. The van der Waals surface area contributed by atoms with E-state index in [4.69, 9.17) is 4.74 Å². The van der Waals surface area contributed by atoms with Gasteiger partial charge in [-0.3, -0.25) is 14.6 Å². The van der Waals surface area contributed by atoms with Crippen molar-refractivity contribution in [2.24, 2.45) is 11.8 Å². The first-order valence-corrected chi connectivity index (χ1v) is 10.4. The van der Waals surface area contributed by atoms with Crippen LogP contribution in [0.4, 0.5) is 5.69 Å². The second-order valence-electron chi connectivity index (χ2n) is 8.65. The number of carbonyl (C=O) groups is 2. The summed E-state index contributed by atoms with van der Waals surface area (Å²) in [6.07, 6.45) is 6.99. The van der Waals surface area contributed by atoms with Gasteiger partial charge in [0.05, 0.1) is 24.5 Å². The Morgan fingerprint density at radius 2 is 2.10 bits per heavy atom. The van der Waals surface area contributed by atoms with E-state index in [1.165, 1.54) is 5.56 Å². The molecule has 1 aromatic carbocycles. The Hall–Kier alpha value is -2.99. The lowest BCUT2D eigenvalue weighted by Crippen LogP contribution is -2.44. The number of ether oxygens (including phenoxy) is 1. The van der Waals surface area contributed by atoms with E-state index in [2.05, 4.69) is 36.3 Å². The van der Waals surface area contributed by atoms with E-state index >= 15 is 0 Å². The van der Waals surface area contributed by atoms with Crippen molar-refractivity contribution in [3.8, 4) is 0 Å². The smallest absolute Gasteiger partial charge is 0.234 e. The second kappa shape index (κ2) is 7.06. The number of carbonyl (C=O) groups excluding carboxylic acids is 2. The topological polar surface area (TPSA) is 71.5 Å². The zero-order valence-corrected chi connectivity index (χ0v) is 17.1. The van der Waals surface area contributed by atoms with Gasteiger partial charge in [-0.15, -0.1) is 0 Å². The van der Waals surface area contributed by atoms with Crippen LogP contribution in [0.5, 0.6) is 0 Å². The predicted octanol–water partition coefficient (Wildman–Crippen LogP) is 2.81. The van der Waals surface area contributed by atoms with Crippen molar-refractivity contribution in [1.82, 2.24) is 10.3 Å². The standard InChI is InChI=1S/C24H25N3O3/c1-15(2)17-5-7-18(8-6-17)27-14-24-10-9-19(30-24)20(21(24)23(27)29)22(28)26-13-16-4-3-11-25-12-16/h3-12,15,19-21H,13-14H2,1-2H3,(H,26,28)/t19-,20-,21-,24+/m1/s1. The van der Waals surface area contributed by atoms with Crippen molar-refractivity contribution < 1.29 is 14.3 Å². The average molecular weight is 403 g/mol. The summed E-state index contributed by atoms with van der Waals surface area (Å²) in [5.74, 6) is -0.766. The fourth-order valence-corrected chi connectivity index (χ4v) is 4.87. The molecule has 1 spiro atoms. The molecule has 2 aromatic rings. The average Bonchev–Trinajstić information content (AvgIpc) is 3.41. The lowest BCUT2D eigenvalue weighted by molar-refractivity contribution is -0.132. The summed E-state index contributed by atoms with van der Waals surface area (Å²) in [6, 6.07) is 11.8. The van der Waals surface area contributed by atoms with Gasteiger partial charge in [0.25, 0.3) is 0 Å². The molecule has 0 radical (unpaired) electrons. The summed E-state index contributed by atoms with van der Waals surface area (Å²) >= 11 is 0. The molecular weight excluding hydrogens is 378 g/mol. The van der Waals surface area contributed by atoms with Crippen LogP contribution in [0.2, 0.25) is 0 Å². The van der Waals surface area contributed by atoms with Gasteiger partial charge in [-0.1, -0.05) is 44.2 Å². The molecule has 6 nitrogen and oxygen atoms in total. The van der Waals surface area contributed by atoms with Crippen LogP contribution >= 0.6 is 0 Å². The molecule has 6 heteroatoms. The van der Waals surface area contributed by atoms with Crippen LogP contribution in [-0.2, 0) is 20.9 Å². The Balaban J connectivity index is 1.36.